The predicted octanol–water partition coefficient (Wildman–Crippen LogP) is 5.49. The molecule has 0 amide bonds. The number of rotatable bonds is 4. The zero-order chi connectivity index (χ0) is 20.8. The molecule has 0 fully saturated rings. The van der Waals surface area contributed by atoms with Crippen molar-refractivity contribution in [1.29, 1.82) is 0 Å². The van der Waals surface area contributed by atoms with Crippen molar-refractivity contribution in [3.05, 3.63) is 70.5 Å². The molecule has 0 spiro atoms. The molecule has 31 heavy (non-hydrogen) atoms. The number of hydrogen-bond acceptors (Lipinski definition) is 2. The number of aromatic nitrogens is 3. The van der Waals surface area contributed by atoms with Crippen molar-refractivity contribution in [1.82, 2.24) is 20.1 Å². The van der Waals surface area contributed by atoms with E-state index >= 15 is 0 Å². The van der Waals surface area contributed by atoms with Crippen LogP contribution in [0.25, 0.3) is 27.8 Å². The van der Waals surface area contributed by atoms with Gasteiger partial charge >= 0.3 is 0 Å². The number of nitrogens with one attached hydrogen (secondary N) is 2. The Balaban J connectivity index is 0.00000231. The van der Waals surface area contributed by atoms with E-state index in [0.717, 1.165) is 48.4 Å². The largest absolute Gasteiger partial charge is 0.359 e. The molecule has 2 aromatic heterocycles. The van der Waals surface area contributed by atoms with Crippen LogP contribution in [0.5, 0.6) is 0 Å². The number of aromatic amines is 1. The summed E-state index contributed by atoms with van der Waals surface area (Å²) < 4.78 is 31.0. The summed E-state index contributed by atoms with van der Waals surface area (Å²) in [5.74, 6) is -1.70. The van der Waals surface area contributed by atoms with Crippen molar-refractivity contribution in [3.8, 4) is 16.9 Å². The number of benzene rings is 2. The highest BCUT2D eigenvalue weighted by Crippen LogP contribution is 2.38. The van der Waals surface area contributed by atoms with Gasteiger partial charge in [-0.05, 0) is 36.1 Å². The summed E-state index contributed by atoms with van der Waals surface area (Å²) in [6.45, 7) is 5.78. The minimum atomic E-state index is -0.857. The van der Waals surface area contributed by atoms with Crippen molar-refractivity contribution in [2.45, 2.75) is 39.7 Å². The van der Waals surface area contributed by atoms with Crippen LogP contribution >= 0.6 is 12.4 Å². The van der Waals surface area contributed by atoms with Gasteiger partial charge in [-0.25, -0.2) is 13.5 Å². The predicted molar refractivity (Wildman–Crippen MR) is 122 cm³/mol. The lowest BCUT2D eigenvalue weighted by Gasteiger charge is -2.18. The standard InChI is InChI=1S/C24H24F2N4.ClH/c1-3-14-6-5-7-15(4-2)23(14)30-24(18-13-27-10-9-20(18)29-30)17-12-19(25)21(26)22-16(17)8-11-28-22;/h5-8,11-12,27-28H,3-4,9-10,13H2,1-2H3;1H. The number of hydrogen-bond donors (Lipinski definition) is 2. The van der Waals surface area contributed by atoms with Crippen LogP contribution in [-0.4, -0.2) is 21.3 Å². The Labute approximate surface area is 186 Å². The highest BCUT2D eigenvalue weighted by atomic mass is 35.5. The van der Waals surface area contributed by atoms with Gasteiger partial charge < -0.3 is 10.3 Å². The fourth-order valence-corrected chi connectivity index (χ4v) is 4.59. The van der Waals surface area contributed by atoms with Crippen LogP contribution in [0.1, 0.15) is 36.2 Å². The second-order valence-corrected chi connectivity index (χ2v) is 7.73. The lowest BCUT2D eigenvalue weighted by Crippen LogP contribution is -2.23. The zero-order valence-electron chi connectivity index (χ0n) is 17.6. The van der Waals surface area contributed by atoms with E-state index in [0.29, 0.717) is 17.5 Å². The molecule has 162 valence electrons. The molecule has 0 radical (unpaired) electrons. The van der Waals surface area contributed by atoms with Crippen LogP contribution in [0, 0.1) is 11.6 Å². The van der Waals surface area contributed by atoms with Crippen LogP contribution < -0.4 is 5.32 Å². The molecule has 2 aromatic carbocycles. The zero-order valence-corrected chi connectivity index (χ0v) is 18.4. The average Bonchev–Trinajstić information content (AvgIpc) is 3.41. The second kappa shape index (κ2) is 8.44. The summed E-state index contributed by atoms with van der Waals surface area (Å²) in [6.07, 6.45) is 4.19. The molecule has 0 saturated heterocycles. The molecule has 4 nitrogen and oxygen atoms in total. The Bertz CT molecular complexity index is 1240. The number of aryl methyl sites for hydroxylation is 2. The lowest BCUT2D eigenvalue weighted by atomic mass is 9.97. The smallest absolute Gasteiger partial charge is 0.182 e. The average molecular weight is 443 g/mol. The summed E-state index contributed by atoms with van der Waals surface area (Å²) in [5, 5.41) is 9.08. The molecule has 3 heterocycles. The van der Waals surface area contributed by atoms with Crippen LogP contribution in [0.2, 0.25) is 0 Å². The third-order valence-electron chi connectivity index (χ3n) is 6.08. The first-order valence-corrected chi connectivity index (χ1v) is 10.5. The summed E-state index contributed by atoms with van der Waals surface area (Å²) >= 11 is 0. The maximum Gasteiger partial charge on any atom is 0.182 e. The van der Waals surface area contributed by atoms with Crippen LogP contribution in [0.3, 0.4) is 0 Å². The van der Waals surface area contributed by atoms with E-state index in [-0.39, 0.29) is 17.9 Å². The minimum absolute atomic E-state index is 0. The van der Waals surface area contributed by atoms with Gasteiger partial charge in [-0.15, -0.1) is 12.4 Å². The number of nitrogens with zero attached hydrogens (tertiary/aromatic N) is 2. The molecule has 4 aromatic rings. The van der Waals surface area contributed by atoms with E-state index in [1.807, 2.05) is 4.68 Å². The van der Waals surface area contributed by atoms with Gasteiger partial charge in [0.25, 0.3) is 0 Å². The third kappa shape index (κ3) is 3.34. The summed E-state index contributed by atoms with van der Waals surface area (Å²) in [5.41, 5.74) is 7.21. The second-order valence-electron chi connectivity index (χ2n) is 7.73. The van der Waals surface area contributed by atoms with E-state index < -0.39 is 11.6 Å². The molecule has 0 atom stereocenters. The number of halogens is 3. The maximum atomic E-state index is 14.6. The quantitative estimate of drug-likeness (QED) is 0.439. The molecule has 5 rings (SSSR count). The first kappa shape index (κ1) is 21.5. The molecular formula is C24H25ClF2N4. The van der Waals surface area contributed by atoms with Crippen molar-refractivity contribution in [2.75, 3.05) is 6.54 Å². The number of fused-ring (bicyclic) bond motifs is 2. The summed E-state index contributed by atoms with van der Waals surface area (Å²) in [4.78, 5) is 2.86. The Morgan fingerprint density at radius 2 is 1.84 bits per heavy atom. The summed E-state index contributed by atoms with van der Waals surface area (Å²) in [7, 11) is 0. The Morgan fingerprint density at radius 1 is 1.10 bits per heavy atom. The molecule has 0 bridgehead atoms. The molecule has 0 saturated carbocycles. The molecular weight excluding hydrogens is 418 g/mol. The monoisotopic (exact) mass is 442 g/mol. The van der Waals surface area contributed by atoms with E-state index in [4.69, 9.17) is 5.10 Å². The van der Waals surface area contributed by atoms with Crippen molar-refractivity contribution in [2.24, 2.45) is 0 Å². The van der Waals surface area contributed by atoms with Gasteiger partial charge in [0.2, 0.25) is 0 Å². The first-order valence-electron chi connectivity index (χ1n) is 10.5. The van der Waals surface area contributed by atoms with Crippen molar-refractivity contribution < 1.29 is 8.78 Å². The minimum Gasteiger partial charge on any atom is -0.359 e. The van der Waals surface area contributed by atoms with E-state index in [9.17, 15) is 8.78 Å². The van der Waals surface area contributed by atoms with E-state index in [1.165, 1.54) is 17.2 Å². The Kier molecular flexibility index (Phi) is 5.86. The fraction of sp³-hybridized carbons (Fsp3) is 0.292. The molecule has 0 aliphatic carbocycles. The number of H-pyrrole nitrogens is 1. The molecule has 0 unspecified atom stereocenters. The Hall–Kier alpha value is -2.70. The first-order chi connectivity index (χ1) is 14.6. The van der Waals surface area contributed by atoms with Crippen LogP contribution in [-0.2, 0) is 25.8 Å². The van der Waals surface area contributed by atoms with Gasteiger partial charge in [-0.3, -0.25) is 0 Å². The lowest BCUT2D eigenvalue weighted by molar-refractivity contribution is 0.516. The molecule has 1 aliphatic heterocycles. The van der Waals surface area contributed by atoms with Crippen molar-refractivity contribution in [3.63, 3.8) is 0 Å². The SMILES string of the molecule is CCc1cccc(CC)c1-n1nc2c(c1-c1cc(F)c(F)c3[nH]ccc13)CNCC2.Cl. The molecule has 7 heteroatoms. The van der Waals surface area contributed by atoms with Crippen LogP contribution in [0.15, 0.2) is 36.5 Å². The van der Waals surface area contributed by atoms with Gasteiger partial charge in [-0.1, -0.05) is 32.0 Å². The maximum absolute atomic E-state index is 14.6. The normalized spacial score (nSPS) is 13.3. The van der Waals surface area contributed by atoms with Gasteiger partial charge in [-0.2, -0.15) is 5.10 Å². The molecule has 2 N–H and O–H groups in total. The van der Waals surface area contributed by atoms with Gasteiger partial charge in [0.1, 0.15) is 0 Å². The fourth-order valence-electron chi connectivity index (χ4n) is 4.59. The summed E-state index contributed by atoms with van der Waals surface area (Å²) in [6, 6.07) is 9.43. The van der Waals surface area contributed by atoms with Crippen molar-refractivity contribution >= 4 is 23.3 Å². The topological polar surface area (TPSA) is 45.6 Å². The van der Waals surface area contributed by atoms with Gasteiger partial charge in [0.15, 0.2) is 11.6 Å². The Morgan fingerprint density at radius 3 is 2.55 bits per heavy atom. The van der Waals surface area contributed by atoms with Gasteiger partial charge in [0.05, 0.1) is 22.6 Å². The molecule has 1 aliphatic rings. The van der Waals surface area contributed by atoms with Crippen LogP contribution in [0.4, 0.5) is 8.78 Å². The third-order valence-corrected chi connectivity index (χ3v) is 6.08. The number of para-hydroxylation sites is 1. The van der Waals surface area contributed by atoms with E-state index in [2.05, 4.69) is 42.3 Å². The highest BCUT2D eigenvalue weighted by molar-refractivity contribution is 5.96. The van der Waals surface area contributed by atoms with Gasteiger partial charge in [0, 0.05) is 42.2 Å². The highest BCUT2D eigenvalue weighted by Gasteiger charge is 2.27. The van der Waals surface area contributed by atoms with E-state index in [1.54, 1.807) is 12.3 Å².